The first kappa shape index (κ1) is 28.0. The smallest absolute Gasteiger partial charge is 0.338 e. The summed E-state index contributed by atoms with van der Waals surface area (Å²) in [4.78, 5) is 27.5. The van der Waals surface area contributed by atoms with Crippen LogP contribution in [0.1, 0.15) is 66.5 Å². The number of aromatic nitrogens is 1. The molecule has 2 aromatic carbocycles. The summed E-state index contributed by atoms with van der Waals surface area (Å²) in [5, 5.41) is 0.557. The van der Waals surface area contributed by atoms with Crippen LogP contribution in [0.3, 0.4) is 0 Å². The zero-order valence-electron chi connectivity index (χ0n) is 21.8. The van der Waals surface area contributed by atoms with Crippen LogP contribution in [0.4, 0.5) is 0 Å². The molecule has 3 rings (SSSR count). The molecule has 1 unspecified atom stereocenters. The van der Waals surface area contributed by atoms with Gasteiger partial charge in [-0.25, -0.2) is 4.79 Å². The molecule has 1 atom stereocenters. The van der Waals surface area contributed by atoms with Crippen LogP contribution in [0.25, 0.3) is 0 Å². The van der Waals surface area contributed by atoms with Crippen LogP contribution in [0.5, 0.6) is 0 Å². The Labute approximate surface area is 223 Å². The lowest BCUT2D eigenvalue weighted by Gasteiger charge is -2.27. The Morgan fingerprint density at radius 2 is 1.72 bits per heavy atom. The van der Waals surface area contributed by atoms with E-state index in [9.17, 15) is 9.59 Å². The zero-order valence-corrected chi connectivity index (χ0v) is 23.3. The van der Waals surface area contributed by atoms with Crippen molar-refractivity contribution in [3.63, 3.8) is 0 Å². The molecule has 192 valence electrons. The van der Waals surface area contributed by atoms with Crippen molar-refractivity contribution in [3.8, 4) is 0 Å². The number of nitrogens with zero attached hydrogens (tertiary/aromatic N) is 2. The Morgan fingerprint density at radius 1 is 1.06 bits per heavy atom. The van der Waals surface area contributed by atoms with Crippen LogP contribution >= 0.6 is 23.2 Å². The fourth-order valence-electron chi connectivity index (χ4n) is 3.98. The van der Waals surface area contributed by atoms with Gasteiger partial charge in [-0.1, -0.05) is 65.2 Å². The third-order valence-corrected chi connectivity index (χ3v) is 6.70. The molecule has 0 radical (unpaired) electrons. The first-order chi connectivity index (χ1) is 16.9. The Balaban J connectivity index is 1.79. The van der Waals surface area contributed by atoms with Gasteiger partial charge in [-0.05, 0) is 77.4 Å². The number of benzene rings is 2. The molecule has 0 saturated carbocycles. The second kappa shape index (κ2) is 11.6. The summed E-state index contributed by atoms with van der Waals surface area (Å²) < 4.78 is 7.09. The van der Waals surface area contributed by atoms with E-state index in [2.05, 4.69) is 36.9 Å². The van der Waals surface area contributed by atoms with Crippen molar-refractivity contribution < 1.29 is 9.53 Å². The molecular weight excluding hydrogens is 495 g/mol. The number of ether oxygens (including phenoxy) is 1. The van der Waals surface area contributed by atoms with Crippen LogP contribution in [-0.2, 0) is 24.2 Å². The number of carbonyl (C=O) groups is 1. The topological polar surface area (TPSA) is 51.5 Å². The number of hydrogen-bond donors (Lipinski definition) is 0. The highest BCUT2D eigenvalue weighted by molar-refractivity contribution is 6.34. The predicted octanol–water partition coefficient (Wildman–Crippen LogP) is 6.85. The molecule has 1 aromatic heterocycles. The predicted molar refractivity (Wildman–Crippen MR) is 147 cm³/mol. The van der Waals surface area contributed by atoms with Crippen molar-refractivity contribution >= 4 is 29.2 Å². The summed E-state index contributed by atoms with van der Waals surface area (Å²) in [5.41, 5.74) is 3.77. The van der Waals surface area contributed by atoms with Crippen LogP contribution in [0.2, 0.25) is 10.0 Å². The van der Waals surface area contributed by atoms with E-state index in [0.29, 0.717) is 30.1 Å². The highest BCUT2D eigenvalue weighted by Gasteiger charge is 2.20. The quantitative estimate of drug-likeness (QED) is 0.300. The molecule has 7 heteroatoms. The van der Waals surface area contributed by atoms with Gasteiger partial charge in [-0.3, -0.25) is 9.69 Å². The minimum atomic E-state index is -0.552. The third-order valence-electron chi connectivity index (χ3n) is 6.10. The average Bonchev–Trinajstić information content (AvgIpc) is 2.81. The SMILES string of the molecule is Cc1cccc(C(C)N(C)Cc2c(Cl)cc(Cl)c(=O)n2CCc2ccc(C(=O)OC(C)(C)C)cc2)c1. The van der Waals surface area contributed by atoms with Crippen LogP contribution in [0.15, 0.2) is 59.4 Å². The maximum atomic E-state index is 13.0. The molecule has 5 nitrogen and oxygen atoms in total. The molecule has 0 aliphatic heterocycles. The largest absolute Gasteiger partial charge is 0.456 e. The summed E-state index contributed by atoms with van der Waals surface area (Å²) in [7, 11) is 2.02. The molecule has 1 heterocycles. The summed E-state index contributed by atoms with van der Waals surface area (Å²) in [6.07, 6.45) is 0.579. The normalized spacial score (nSPS) is 12.6. The van der Waals surface area contributed by atoms with Crippen LogP contribution < -0.4 is 5.56 Å². The molecule has 36 heavy (non-hydrogen) atoms. The maximum Gasteiger partial charge on any atom is 0.338 e. The molecule has 3 aromatic rings. The van der Waals surface area contributed by atoms with Crippen molar-refractivity contribution in [2.75, 3.05) is 7.05 Å². The molecule has 0 spiro atoms. The number of pyridine rings is 1. The van der Waals surface area contributed by atoms with Gasteiger partial charge < -0.3 is 9.30 Å². The minimum absolute atomic E-state index is 0.0957. The second-order valence-corrected chi connectivity index (χ2v) is 11.0. The van der Waals surface area contributed by atoms with Gasteiger partial charge in [0.1, 0.15) is 10.6 Å². The summed E-state index contributed by atoms with van der Waals surface area (Å²) in [5.74, 6) is -0.361. The highest BCUT2D eigenvalue weighted by Crippen LogP contribution is 2.25. The van der Waals surface area contributed by atoms with Gasteiger partial charge in [-0.2, -0.15) is 0 Å². The molecule has 0 amide bonds. The van der Waals surface area contributed by atoms with E-state index < -0.39 is 5.60 Å². The fraction of sp³-hybridized carbons (Fsp3) is 0.379. The summed E-state index contributed by atoms with van der Waals surface area (Å²) in [6, 6.07) is 17.3. The standard InChI is InChI=1S/C29H34Cl2N2O3/c1-19-8-7-9-23(16-19)20(2)32(6)18-26-24(30)17-25(31)27(34)33(26)15-14-21-10-12-22(13-11-21)28(35)36-29(3,4)5/h7-13,16-17,20H,14-15,18H2,1-6H3. The van der Waals surface area contributed by atoms with Crippen molar-refractivity contribution in [2.45, 2.75) is 65.8 Å². The number of aryl methyl sites for hydroxylation is 2. The highest BCUT2D eigenvalue weighted by atomic mass is 35.5. The molecule has 0 bridgehead atoms. The van der Waals surface area contributed by atoms with E-state index in [1.165, 1.54) is 17.2 Å². The Morgan fingerprint density at radius 3 is 2.33 bits per heavy atom. The Bertz CT molecular complexity index is 1280. The molecule has 0 saturated heterocycles. The van der Waals surface area contributed by atoms with E-state index in [1.807, 2.05) is 46.0 Å². The van der Waals surface area contributed by atoms with Gasteiger partial charge in [0.05, 0.1) is 16.3 Å². The van der Waals surface area contributed by atoms with Crippen LogP contribution in [0, 0.1) is 6.92 Å². The first-order valence-electron chi connectivity index (χ1n) is 12.0. The monoisotopic (exact) mass is 528 g/mol. The van der Waals surface area contributed by atoms with Crippen molar-refractivity contribution in [1.29, 1.82) is 0 Å². The minimum Gasteiger partial charge on any atom is -0.456 e. The average molecular weight is 530 g/mol. The number of halogens is 2. The van der Waals surface area contributed by atoms with Crippen molar-refractivity contribution in [1.82, 2.24) is 9.47 Å². The second-order valence-electron chi connectivity index (χ2n) is 10.2. The lowest BCUT2D eigenvalue weighted by Crippen LogP contribution is -2.30. The number of carbonyl (C=O) groups excluding carboxylic acids is 1. The van der Waals surface area contributed by atoms with E-state index in [4.69, 9.17) is 27.9 Å². The molecule has 0 N–H and O–H groups in total. The van der Waals surface area contributed by atoms with Crippen LogP contribution in [-0.4, -0.2) is 28.1 Å². The number of rotatable bonds is 8. The Kier molecular flexibility index (Phi) is 9.04. The van der Waals surface area contributed by atoms with E-state index in [-0.39, 0.29) is 22.6 Å². The van der Waals surface area contributed by atoms with Gasteiger partial charge in [-0.15, -0.1) is 0 Å². The van der Waals surface area contributed by atoms with Gasteiger partial charge in [0.2, 0.25) is 0 Å². The maximum absolute atomic E-state index is 13.0. The number of esters is 1. The lowest BCUT2D eigenvalue weighted by molar-refractivity contribution is 0.00695. The van der Waals surface area contributed by atoms with Crippen molar-refractivity contribution in [3.05, 3.63) is 103 Å². The fourth-order valence-corrected chi connectivity index (χ4v) is 4.52. The van der Waals surface area contributed by atoms with E-state index in [1.54, 1.807) is 16.7 Å². The zero-order chi connectivity index (χ0) is 26.6. The molecular formula is C29H34Cl2N2O3. The molecule has 0 fully saturated rings. The molecule has 0 aliphatic carbocycles. The first-order valence-corrected chi connectivity index (χ1v) is 12.8. The summed E-state index contributed by atoms with van der Waals surface area (Å²) >= 11 is 12.8. The van der Waals surface area contributed by atoms with Gasteiger partial charge in [0.25, 0.3) is 5.56 Å². The van der Waals surface area contributed by atoms with E-state index >= 15 is 0 Å². The lowest BCUT2D eigenvalue weighted by atomic mass is 10.0. The van der Waals surface area contributed by atoms with E-state index in [0.717, 1.165) is 11.3 Å². The Hall–Kier alpha value is -2.60. The van der Waals surface area contributed by atoms with Gasteiger partial charge >= 0.3 is 5.97 Å². The summed E-state index contributed by atoms with van der Waals surface area (Å²) in [6.45, 7) is 10.6. The third kappa shape index (κ3) is 7.22. The van der Waals surface area contributed by atoms with Gasteiger partial charge in [0, 0.05) is 19.1 Å². The molecule has 0 aliphatic rings. The van der Waals surface area contributed by atoms with Gasteiger partial charge in [0.15, 0.2) is 0 Å². The number of hydrogen-bond acceptors (Lipinski definition) is 4. The van der Waals surface area contributed by atoms with Crippen molar-refractivity contribution in [2.24, 2.45) is 0 Å².